The maximum atomic E-state index is 12.3. The van der Waals surface area contributed by atoms with Crippen LogP contribution in [0.5, 0.6) is 0 Å². The van der Waals surface area contributed by atoms with Gasteiger partial charge in [-0.05, 0) is 38.5 Å². The number of esters is 1. The molecule has 0 amide bonds. The molecule has 0 aromatic rings. The van der Waals surface area contributed by atoms with Gasteiger partial charge in [-0.15, -0.1) is 0 Å². The Bertz CT molecular complexity index is 409. The third kappa shape index (κ3) is 3.47. The summed E-state index contributed by atoms with van der Waals surface area (Å²) in [5, 5.41) is 0. The molecule has 2 atom stereocenters. The van der Waals surface area contributed by atoms with Gasteiger partial charge in [-0.1, -0.05) is 38.5 Å². The van der Waals surface area contributed by atoms with Gasteiger partial charge in [-0.3, -0.25) is 0 Å². The minimum atomic E-state index is -0.486. The molecule has 4 nitrogen and oxygen atoms in total. The fourth-order valence-electron chi connectivity index (χ4n) is 4.24. The number of ether oxygens (including phenoxy) is 2. The van der Waals surface area contributed by atoms with E-state index in [2.05, 4.69) is 0 Å². The van der Waals surface area contributed by atoms with Crippen molar-refractivity contribution in [2.75, 3.05) is 6.61 Å². The van der Waals surface area contributed by atoms with Crippen molar-refractivity contribution < 1.29 is 14.3 Å². The molecule has 0 aromatic carbocycles. The van der Waals surface area contributed by atoms with Crippen LogP contribution in [-0.4, -0.2) is 30.6 Å². The van der Waals surface area contributed by atoms with E-state index in [9.17, 15) is 4.79 Å². The molecule has 0 aromatic heterocycles. The van der Waals surface area contributed by atoms with E-state index in [1.807, 2.05) is 6.92 Å². The van der Waals surface area contributed by atoms with Gasteiger partial charge in [0.1, 0.15) is 6.04 Å². The summed E-state index contributed by atoms with van der Waals surface area (Å²) >= 11 is 0. The first-order chi connectivity index (χ1) is 10.8. The number of rotatable bonds is 4. The fourth-order valence-corrected chi connectivity index (χ4v) is 4.24. The van der Waals surface area contributed by atoms with Crippen molar-refractivity contribution in [2.24, 2.45) is 16.8 Å². The summed E-state index contributed by atoms with van der Waals surface area (Å²) in [5.74, 6) is 1.56. The standard InChI is InChI=1S/C18H29NO3/c1-2-21-18(20)16-15(13-9-5-3-6-10-13)19-17(22-16)14-11-7-4-8-12-14/h13-16H,2-12H2,1H3/t15-,16-/m0/s1. The van der Waals surface area contributed by atoms with Crippen LogP contribution in [0.1, 0.15) is 71.1 Å². The van der Waals surface area contributed by atoms with Crippen LogP contribution < -0.4 is 0 Å². The third-order valence-corrected chi connectivity index (χ3v) is 5.44. The van der Waals surface area contributed by atoms with Gasteiger partial charge in [-0.2, -0.15) is 0 Å². The van der Waals surface area contributed by atoms with Crippen molar-refractivity contribution in [1.82, 2.24) is 0 Å². The van der Waals surface area contributed by atoms with Crippen LogP contribution in [0.4, 0.5) is 0 Å². The number of aliphatic imine (C=N–C) groups is 1. The van der Waals surface area contributed by atoms with Gasteiger partial charge in [0.2, 0.25) is 6.10 Å². The summed E-state index contributed by atoms with van der Waals surface area (Å²) in [5.41, 5.74) is 0. The molecule has 0 unspecified atom stereocenters. The van der Waals surface area contributed by atoms with Crippen LogP contribution in [0.25, 0.3) is 0 Å². The molecule has 0 radical (unpaired) electrons. The Kier molecular flexibility index (Phi) is 5.37. The van der Waals surface area contributed by atoms with Gasteiger partial charge in [0.25, 0.3) is 0 Å². The Balaban J connectivity index is 1.73. The SMILES string of the molecule is CCOC(=O)[C@H]1OC(C2CCCCC2)=N[C@H]1C1CCCCC1. The fraction of sp³-hybridized carbons (Fsp3) is 0.889. The molecule has 3 rings (SSSR count). The summed E-state index contributed by atoms with van der Waals surface area (Å²) in [6.07, 6.45) is 11.8. The Morgan fingerprint density at radius 2 is 1.73 bits per heavy atom. The molecule has 2 saturated carbocycles. The van der Waals surface area contributed by atoms with E-state index in [1.54, 1.807) is 0 Å². The maximum absolute atomic E-state index is 12.3. The zero-order chi connectivity index (χ0) is 15.4. The average Bonchev–Trinajstić information content (AvgIpc) is 3.02. The Hall–Kier alpha value is -1.06. The molecule has 1 heterocycles. The lowest BCUT2D eigenvalue weighted by Gasteiger charge is -2.27. The van der Waals surface area contributed by atoms with Gasteiger partial charge in [0.05, 0.1) is 6.61 Å². The number of hydrogen-bond donors (Lipinski definition) is 0. The molecule has 22 heavy (non-hydrogen) atoms. The summed E-state index contributed by atoms with van der Waals surface area (Å²) < 4.78 is 11.3. The normalized spacial score (nSPS) is 30.7. The predicted molar refractivity (Wildman–Crippen MR) is 85.9 cm³/mol. The molecule has 0 spiro atoms. The minimum Gasteiger partial charge on any atom is -0.463 e. The van der Waals surface area contributed by atoms with Crippen LogP contribution in [-0.2, 0) is 14.3 Å². The number of carbonyl (C=O) groups excluding carboxylic acids is 1. The molecule has 0 N–H and O–H groups in total. The van der Waals surface area contributed by atoms with Gasteiger partial charge in [-0.25, -0.2) is 9.79 Å². The van der Waals surface area contributed by atoms with Crippen LogP contribution in [0.2, 0.25) is 0 Å². The second-order valence-electron chi connectivity index (χ2n) is 6.98. The lowest BCUT2D eigenvalue weighted by atomic mass is 9.82. The molecule has 0 saturated heterocycles. The van der Waals surface area contributed by atoms with Crippen LogP contribution >= 0.6 is 0 Å². The number of nitrogens with zero attached hydrogens (tertiary/aromatic N) is 1. The summed E-state index contributed by atoms with van der Waals surface area (Å²) in [6, 6.07) is -0.00345. The molecule has 1 aliphatic heterocycles. The average molecular weight is 307 g/mol. The van der Waals surface area contributed by atoms with E-state index in [1.165, 1.54) is 51.4 Å². The van der Waals surface area contributed by atoms with Crippen molar-refractivity contribution in [2.45, 2.75) is 83.3 Å². The summed E-state index contributed by atoms with van der Waals surface area (Å²) in [7, 11) is 0. The Morgan fingerprint density at radius 1 is 1.09 bits per heavy atom. The van der Waals surface area contributed by atoms with Crippen LogP contribution in [0.3, 0.4) is 0 Å². The molecule has 0 bridgehead atoms. The van der Waals surface area contributed by atoms with Crippen molar-refractivity contribution in [3.05, 3.63) is 0 Å². The highest BCUT2D eigenvalue weighted by Gasteiger charge is 2.44. The Labute approximate surface area is 133 Å². The molecular weight excluding hydrogens is 278 g/mol. The molecule has 3 aliphatic rings. The zero-order valence-corrected chi connectivity index (χ0v) is 13.8. The summed E-state index contributed by atoms with van der Waals surface area (Å²) in [4.78, 5) is 17.2. The highest BCUT2D eigenvalue weighted by atomic mass is 16.6. The van der Waals surface area contributed by atoms with E-state index in [4.69, 9.17) is 14.5 Å². The summed E-state index contributed by atoms with van der Waals surface area (Å²) in [6.45, 7) is 2.26. The van der Waals surface area contributed by atoms with Crippen molar-refractivity contribution in [1.29, 1.82) is 0 Å². The van der Waals surface area contributed by atoms with Gasteiger partial charge >= 0.3 is 5.97 Å². The van der Waals surface area contributed by atoms with E-state index in [0.717, 1.165) is 18.7 Å². The first-order valence-corrected chi connectivity index (χ1v) is 9.20. The van der Waals surface area contributed by atoms with Crippen LogP contribution in [0.15, 0.2) is 4.99 Å². The lowest BCUT2D eigenvalue weighted by Crippen LogP contribution is -2.38. The van der Waals surface area contributed by atoms with E-state index >= 15 is 0 Å². The second-order valence-corrected chi connectivity index (χ2v) is 6.98. The quantitative estimate of drug-likeness (QED) is 0.741. The number of carbonyl (C=O) groups is 1. The van der Waals surface area contributed by atoms with Gasteiger partial charge in [0, 0.05) is 5.92 Å². The monoisotopic (exact) mass is 307 g/mol. The molecule has 4 heteroatoms. The largest absolute Gasteiger partial charge is 0.463 e. The maximum Gasteiger partial charge on any atom is 0.349 e. The minimum absolute atomic E-state index is 0.00345. The van der Waals surface area contributed by atoms with Crippen molar-refractivity contribution >= 4 is 11.9 Å². The van der Waals surface area contributed by atoms with Crippen molar-refractivity contribution in [3.8, 4) is 0 Å². The smallest absolute Gasteiger partial charge is 0.349 e. The van der Waals surface area contributed by atoms with E-state index in [0.29, 0.717) is 18.4 Å². The lowest BCUT2D eigenvalue weighted by molar-refractivity contribution is -0.152. The van der Waals surface area contributed by atoms with E-state index < -0.39 is 6.10 Å². The Morgan fingerprint density at radius 3 is 2.36 bits per heavy atom. The first-order valence-electron chi connectivity index (χ1n) is 9.20. The molecule has 2 fully saturated rings. The third-order valence-electron chi connectivity index (χ3n) is 5.44. The van der Waals surface area contributed by atoms with Gasteiger partial charge in [0.15, 0.2) is 5.90 Å². The first kappa shape index (κ1) is 15.8. The topological polar surface area (TPSA) is 47.9 Å². The second kappa shape index (κ2) is 7.47. The predicted octanol–water partition coefficient (Wildman–Crippen LogP) is 3.88. The molecule has 124 valence electrons. The van der Waals surface area contributed by atoms with Crippen molar-refractivity contribution in [3.63, 3.8) is 0 Å². The highest BCUT2D eigenvalue weighted by molar-refractivity contribution is 5.87. The van der Waals surface area contributed by atoms with E-state index in [-0.39, 0.29) is 12.0 Å². The van der Waals surface area contributed by atoms with Gasteiger partial charge < -0.3 is 9.47 Å². The number of hydrogen-bond acceptors (Lipinski definition) is 4. The zero-order valence-electron chi connectivity index (χ0n) is 13.8. The molecule has 2 aliphatic carbocycles. The van der Waals surface area contributed by atoms with Crippen LogP contribution in [0, 0.1) is 11.8 Å². The molecular formula is C18H29NO3. The highest BCUT2D eigenvalue weighted by Crippen LogP contribution is 2.36.